The summed E-state index contributed by atoms with van der Waals surface area (Å²) in [5, 5.41) is 18.4. The third-order valence-corrected chi connectivity index (χ3v) is 3.13. The van der Waals surface area contributed by atoms with Gasteiger partial charge < -0.3 is 20.0 Å². The minimum atomic E-state index is -1.16. The van der Waals surface area contributed by atoms with Crippen LogP contribution in [0.25, 0.3) is 0 Å². The predicted octanol–water partition coefficient (Wildman–Crippen LogP) is 0.586. The van der Waals surface area contributed by atoms with Gasteiger partial charge in [0.05, 0.1) is 12.8 Å². The number of carboxylic acid groups (broad SMARTS) is 1. The van der Waals surface area contributed by atoms with Crippen LogP contribution < -0.4 is 20.6 Å². The summed E-state index contributed by atoms with van der Waals surface area (Å²) in [5.74, 6) is -0.651. The molecule has 0 spiro atoms. The lowest BCUT2D eigenvalue weighted by molar-refractivity contribution is -0.304. The zero-order chi connectivity index (χ0) is 16.5. The third-order valence-electron chi connectivity index (χ3n) is 2.89. The normalized spacial score (nSPS) is 11.0. The van der Waals surface area contributed by atoms with E-state index in [1.165, 1.54) is 7.11 Å². The van der Waals surface area contributed by atoms with E-state index in [9.17, 15) is 9.90 Å². The van der Waals surface area contributed by atoms with Crippen LogP contribution >= 0.6 is 12.2 Å². The first-order chi connectivity index (χ1) is 10.5. The molecule has 0 unspecified atom stereocenters. The van der Waals surface area contributed by atoms with Gasteiger partial charge in [0.15, 0.2) is 5.11 Å². The summed E-state index contributed by atoms with van der Waals surface area (Å²) in [6.45, 7) is 4.62. The quantitative estimate of drug-likeness (QED) is 0.434. The number of nitrogens with one attached hydrogen (secondary N) is 2. The van der Waals surface area contributed by atoms with E-state index in [0.29, 0.717) is 22.1 Å². The second kappa shape index (κ2) is 8.99. The van der Waals surface area contributed by atoms with Gasteiger partial charge in [-0.05, 0) is 49.3 Å². The van der Waals surface area contributed by atoms with E-state index < -0.39 is 5.97 Å². The van der Waals surface area contributed by atoms with Crippen molar-refractivity contribution in [1.29, 1.82) is 0 Å². The Balaban J connectivity index is 2.86. The fourth-order valence-corrected chi connectivity index (χ4v) is 1.92. The number of hydrazone groups is 1. The number of thiocarbonyl (C=S) groups is 1. The second-order valence-electron chi connectivity index (χ2n) is 4.64. The molecule has 1 aromatic rings. The highest BCUT2D eigenvalue weighted by Crippen LogP contribution is 2.20. The monoisotopic (exact) mass is 322 g/mol. The Hall–Kier alpha value is -2.15. The van der Waals surface area contributed by atoms with E-state index in [1.807, 2.05) is 6.92 Å². The minimum absolute atomic E-state index is 0.214. The van der Waals surface area contributed by atoms with E-state index in [4.69, 9.17) is 17.0 Å². The van der Waals surface area contributed by atoms with Gasteiger partial charge in [-0.15, -0.1) is 0 Å². The van der Waals surface area contributed by atoms with Crippen LogP contribution in [0.15, 0.2) is 23.3 Å². The van der Waals surface area contributed by atoms with Crippen molar-refractivity contribution in [2.75, 3.05) is 13.7 Å². The van der Waals surface area contributed by atoms with Gasteiger partial charge in [-0.2, -0.15) is 5.10 Å². The highest BCUT2D eigenvalue weighted by atomic mass is 32.1. The van der Waals surface area contributed by atoms with Crippen molar-refractivity contribution < 1.29 is 14.6 Å². The number of carboxylic acids is 1. The van der Waals surface area contributed by atoms with Crippen LogP contribution in [0.3, 0.4) is 0 Å². The average Bonchev–Trinajstić information content (AvgIpc) is 2.49. The maximum atomic E-state index is 10.8. The first-order valence-electron chi connectivity index (χ1n) is 6.93. The van der Waals surface area contributed by atoms with E-state index in [-0.39, 0.29) is 6.42 Å². The van der Waals surface area contributed by atoms with Crippen molar-refractivity contribution in [3.05, 3.63) is 29.3 Å². The molecule has 0 fully saturated rings. The molecule has 120 valence electrons. The largest absolute Gasteiger partial charge is 0.550 e. The zero-order valence-corrected chi connectivity index (χ0v) is 13.8. The van der Waals surface area contributed by atoms with Gasteiger partial charge in [0.1, 0.15) is 5.75 Å². The number of aliphatic carboxylic acids is 1. The number of carbonyl (C=O) groups is 1. The molecule has 0 aliphatic heterocycles. The smallest absolute Gasteiger partial charge is 0.186 e. The van der Waals surface area contributed by atoms with Crippen LogP contribution in [0, 0.1) is 0 Å². The minimum Gasteiger partial charge on any atom is -0.550 e. The first kappa shape index (κ1) is 17.9. The van der Waals surface area contributed by atoms with Crippen molar-refractivity contribution in [3.8, 4) is 5.75 Å². The van der Waals surface area contributed by atoms with Crippen LogP contribution in [0.4, 0.5) is 0 Å². The summed E-state index contributed by atoms with van der Waals surface area (Å²) in [6, 6.07) is 5.23. The molecule has 0 saturated carbocycles. The first-order valence-corrected chi connectivity index (χ1v) is 7.34. The Morgan fingerprint density at radius 1 is 1.45 bits per heavy atom. The summed E-state index contributed by atoms with van der Waals surface area (Å²) < 4.78 is 5.15. The fraction of sp³-hybridized carbons (Fsp3) is 0.400. The SMILES string of the molecule is CCCNC(=S)N/N=C(/C)c1ccc(OC)c(CC(=O)[O-])c1. The number of nitrogens with zero attached hydrogens (tertiary/aromatic N) is 1. The molecule has 0 amide bonds. The van der Waals surface area contributed by atoms with Gasteiger partial charge in [-0.25, -0.2) is 0 Å². The van der Waals surface area contributed by atoms with Crippen molar-refractivity contribution in [2.45, 2.75) is 26.7 Å². The molecule has 0 heterocycles. The molecule has 0 aliphatic carbocycles. The van der Waals surface area contributed by atoms with E-state index >= 15 is 0 Å². The van der Waals surface area contributed by atoms with Crippen molar-refractivity contribution in [1.82, 2.24) is 10.7 Å². The predicted molar refractivity (Wildman–Crippen MR) is 87.9 cm³/mol. The van der Waals surface area contributed by atoms with Crippen LogP contribution in [0.5, 0.6) is 5.75 Å². The Morgan fingerprint density at radius 3 is 2.77 bits per heavy atom. The van der Waals surface area contributed by atoms with Crippen LogP contribution in [-0.2, 0) is 11.2 Å². The van der Waals surface area contributed by atoms with Gasteiger partial charge in [0.2, 0.25) is 0 Å². The molecule has 0 saturated heterocycles. The molecule has 7 heteroatoms. The van der Waals surface area contributed by atoms with Gasteiger partial charge in [0.25, 0.3) is 0 Å². The molecule has 0 aliphatic rings. The van der Waals surface area contributed by atoms with Crippen molar-refractivity contribution in [2.24, 2.45) is 5.10 Å². The topological polar surface area (TPSA) is 85.8 Å². The Kier molecular flexibility index (Phi) is 7.31. The molecular formula is C15H20N3O3S-. The summed E-state index contributed by atoms with van der Waals surface area (Å²) >= 11 is 5.07. The Morgan fingerprint density at radius 2 is 2.18 bits per heavy atom. The number of benzene rings is 1. The van der Waals surface area contributed by atoms with E-state index in [1.54, 1.807) is 25.1 Å². The number of methoxy groups -OCH3 is 1. The molecule has 6 nitrogen and oxygen atoms in total. The summed E-state index contributed by atoms with van der Waals surface area (Å²) in [4.78, 5) is 10.8. The Labute approximate surface area is 135 Å². The average molecular weight is 322 g/mol. The zero-order valence-electron chi connectivity index (χ0n) is 12.9. The molecule has 0 atom stereocenters. The lowest BCUT2D eigenvalue weighted by Gasteiger charge is -2.12. The fourth-order valence-electron chi connectivity index (χ4n) is 1.77. The molecule has 1 aromatic carbocycles. The lowest BCUT2D eigenvalue weighted by atomic mass is 10.0. The molecule has 2 N–H and O–H groups in total. The van der Waals surface area contributed by atoms with Gasteiger partial charge in [-0.3, -0.25) is 5.43 Å². The third kappa shape index (κ3) is 5.69. The maximum absolute atomic E-state index is 10.8. The second-order valence-corrected chi connectivity index (χ2v) is 5.05. The van der Waals surface area contributed by atoms with Crippen molar-refractivity contribution >= 4 is 29.0 Å². The van der Waals surface area contributed by atoms with E-state index in [0.717, 1.165) is 18.5 Å². The lowest BCUT2D eigenvalue weighted by Crippen LogP contribution is -2.33. The van der Waals surface area contributed by atoms with Crippen LogP contribution in [-0.4, -0.2) is 30.4 Å². The molecule has 0 aromatic heterocycles. The molecule has 0 bridgehead atoms. The highest BCUT2D eigenvalue weighted by molar-refractivity contribution is 7.80. The summed E-state index contributed by atoms with van der Waals surface area (Å²) in [6.07, 6.45) is 0.754. The number of hydrogen-bond acceptors (Lipinski definition) is 5. The molecule has 0 radical (unpaired) electrons. The summed E-state index contributed by atoms with van der Waals surface area (Å²) in [5.41, 5.74) is 4.76. The molecule has 22 heavy (non-hydrogen) atoms. The number of ether oxygens (including phenoxy) is 1. The van der Waals surface area contributed by atoms with Gasteiger partial charge in [0, 0.05) is 24.5 Å². The van der Waals surface area contributed by atoms with Crippen LogP contribution in [0.1, 0.15) is 31.4 Å². The maximum Gasteiger partial charge on any atom is 0.186 e. The van der Waals surface area contributed by atoms with Gasteiger partial charge >= 0.3 is 0 Å². The number of hydrogen-bond donors (Lipinski definition) is 2. The van der Waals surface area contributed by atoms with Crippen molar-refractivity contribution in [3.63, 3.8) is 0 Å². The molecule has 1 rings (SSSR count). The summed E-state index contributed by atoms with van der Waals surface area (Å²) in [7, 11) is 1.49. The molecular weight excluding hydrogens is 302 g/mol. The standard InChI is InChI=1S/C15H21N3O3S/c1-4-7-16-15(22)18-17-10(2)11-5-6-13(21-3)12(8-11)9-14(19)20/h5-6,8H,4,7,9H2,1-3H3,(H,19,20)(H2,16,18,22)/p-1/b17-10-. The Bertz CT molecular complexity index is 573. The highest BCUT2D eigenvalue weighted by Gasteiger charge is 2.07. The number of rotatable bonds is 7. The van der Waals surface area contributed by atoms with Gasteiger partial charge in [-0.1, -0.05) is 6.92 Å². The van der Waals surface area contributed by atoms with E-state index in [2.05, 4.69) is 15.8 Å². The van der Waals surface area contributed by atoms with Crippen LogP contribution in [0.2, 0.25) is 0 Å². The number of carbonyl (C=O) groups excluding carboxylic acids is 1.